The SMILES string of the molecule is CCNC(Cc1c(C)cccc1C)c1ccoc1Cl. The quantitative estimate of drug-likeness (QED) is 0.874. The molecule has 1 N–H and O–H groups in total. The summed E-state index contributed by atoms with van der Waals surface area (Å²) in [6.45, 7) is 7.31. The van der Waals surface area contributed by atoms with Crippen molar-refractivity contribution in [3.8, 4) is 0 Å². The van der Waals surface area contributed by atoms with Gasteiger partial charge in [-0.05, 0) is 61.2 Å². The summed E-state index contributed by atoms with van der Waals surface area (Å²) in [7, 11) is 0. The van der Waals surface area contributed by atoms with Crippen LogP contribution >= 0.6 is 11.6 Å². The van der Waals surface area contributed by atoms with Crippen LogP contribution in [0.2, 0.25) is 5.22 Å². The Morgan fingerprint density at radius 3 is 2.42 bits per heavy atom. The number of furan rings is 1. The molecule has 1 unspecified atom stereocenters. The first kappa shape index (κ1) is 14.2. The third-order valence-corrected chi connectivity index (χ3v) is 3.83. The second-order valence-corrected chi connectivity index (χ2v) is 5.18. The Kier molecular flexibility index (Phi) is 4.67. The Morgan fingerprint density at radius 2 is 1.89 bits per heavy atom. The third kappa shape index (κ3) is 3.20. The molecule has 102 valence electrons. The lowest BCUT2D eigenvalue weighted by molar-refractivity contribution is 0.525. The van der Waals surface area contributed by atoms with Gasteiger partial charge in [0.25, 0.3) is 0 Å². The largest absolute Gasteiger partial charge is 0.453 e. The van der Waals surface area contributed by atoms with E-state index in [-0.39, 0.29) is 6.04 Å². The summed E-state index contributed by atoms with van der Waals surface area (Å²) in [6.07, 6.45) is 2.57. The minimum Gasteiger partial charge on any atom is -0.453 e. The van der Waals surface area contributed by atoms with Gasteiger partial charge in [0.15, 0.2) is 5.22 Å². The molecule has 2 aromatic rings. The zero-order valence-electron chi connectivity index (χ0n) is 11.7. The number of likely N-dealkylation sites (N-methyl/N-ethyl adjacent to an activating group) is 1. The molecule has 0 saturated carbocycles. The molecule has 1 atom stereocenters. The molecule has 0 bridgehead atoms. The van der Waals surface area contributed by atoms with Crippen LogP contribution in [0.4, 0.5) is 0 Å². The number of benzene rings is 1. The summed E-state index contributed by atoms with van der Waals surface area (Å²) in [4.78, 5) is 0. The first-order chi connectivity index (χ1) is 9.13. The molecule has 2 rings (SSSR count). The van der Waals surface area contributed by atoms with E-state index in [1.54, 1.807) is 6.26 Å². The number of halogens is 1. The predicted molar refractivity (Wildman–Crippen MR) is 79.8 cm³/mol. The molecular formula is C16H20ClNO. The summed E-state index contributed by atoms with van der Waals surface area (Å²) in [5.41, 5.74) is 5.06. The van der Waals surface area contributed by atoms with E-state index in [1.165, 1.54) is 16.7 Å². The highest BCUT2D eigenvalue weighted by molar-refractivity contribution is 6.29. The van der Waals surface area contributed by atoms with Crippen molar-refractivity contribution in [3.63, 3.8) is 0 Å². The lowest BCUT2D eigenvalue weighted by Gasteiger charge is -2.19. The van der Waals surface area contributed by atoms with Crippen molar-refractivity contribution in [1.82, 2.24) is 5.32 Å². The second-order valence-electron chi connectivity index (χ2n) is 4.83. The Labute approximate surface area is 119 Å². The van der Waals surface area contributed by atoms with Crippen LogP contribution in [-0.4, -0.2) is 6.54 Å². The lowest BCUT2D eigenvalue weighted by Crippen LogP contribution is -2.23. The molecular weight excluding hydrogens is 258 g/mol. The predicted octanol–water partition coefficient (Wildman–Crippen LogP) is 4.44. The topological polar surface area (TPSA) is 25.2 Å². The molecule has 0 aliphatic heterocycles. The van der Waals surface area contributed by atoms with Crippen LogP contribution in [0.3, 0.4) is 0 Å². The van der Waals surface area contributed by atoms with Crippen LogP contribution in [-0.2, 0) is 6.42 Å². The first-order valence-electron chi connectivity index (χ1n) is 6.64. The summed E-state index contributed by atoms with van der Waals surface area (Å²) < 4.78 is 5.22. The van der Waals surface area contributed by atoms with Gasteiger partial charge in [0.1, 0.15) is 0 Å². The Bertz CT molecular complexity index is 527. The zero-order chi connectivity index (χ0) is 13.8. The number of aryl methyl sites for hydroxylation is 2. The Balaban J connectivity index is 2.29. The van der Waals surface area contributed by atoms with Crippen LogP contribution < -0.4 is 5.32 Å². The van der Waals surface area contributed by atoms with Crippen molar-refractivity contribution in [1.29, 1.82) is 0 Å². The van der Waals surface area contributed by atoms with Gasteiger partial charge in [-0.1, -0.05) is 25.1 Å². The maximum absolute atomic E-state index is 6.11. The van der Waals surface area contributed by atoms with E-state index >= 15 is 0 Å². The number of rotatable bonds is 5. The van der Waals surface area contributed by atoms with Gasteiger partial charge >= 0.3 is 0 Å². The molecule has 0 radical (unpaired) electrons. The lowest BCUT2D eigenvalue weighted by atomic mass is 9.94. The molecule has 0 amide bonds. The van der Waals surface area contributed by atoms with Crippen LogP contribution in [0.1, 0.15) is 35.2 Å². The third-order valence-electron chi connectivity index (χ3n) is 3.52. The minimum absolute atomic E-state index is 0.191. The van der Waals surface area contributed by atoms with E-state index in [4.69, 9.17) is 16.0 Å². The van der Waals surface area contributed by atoms with Gasteiger partial charge in [-0.15, -0.1) is 0 Å². The van der Waals surface area contributed by atoms with E-state index in [0.29, 0.717) is 5.22 Å². The van der Waals surface area contributed by atoms with Gasteiger partial charge in [-0.3, -0.25) is 0 Å². The molecule has 0 fully saturated rings. The second kappa shape index (κ2) is 6.27. The molecule has 3 heteroatoms. The molecule has 1 aromatic heterocycles. The molecule has 0 saturated heterocycles. The van der Waals surface area contributed by atoms with Gasteiger partial charge in [0.05, 0.1) is 6.26 Å². The number of hydrogen-bond acceptors (Lipinski definition) is 2. The van der Waals surface area contributed by atoms with Crippen molar-refractivity contribution in [2.24, 2.45) is 0 Å². The monoisotopic (exact) mass is 277 g/mol. The van der Waals surface area contributed by atoms with Gasteiger partial charge in [0, 0.05) is 11.6 Å². The van der Waals surface area contributed by atoms with Gasteiger partial charge in [-0.25, -0.2) is 0 Å². The molecule has 1 heterocycles. The highest BCUT2D eigenvalue weighted by Gasteiger charge is 2.18. The fourth-order valence-corrected chi connectivity index (χ4v) is 2.71. The van der Waals surface area contributed by atoms with Crippen molar-refractivity contribution < 1.29 is 4.42 Å². The van der Waals surface area contributed by atoms with Crippen molar-refractivity contribution >= 4 is 11.6 Å². The van der Waals surface area contributed by atoms with Gasteiger partial charge in [0.2, 0.25) is 0 Å². The highest BCUT2D eigenvalue weighted by atomic mass is 35.5. The van der Waals surface area contributed by atoms with Gasteiger partial charge in [-0.2, -0.15) is 0 Å². The average Bonchev–Trinajstić information content (AvgIpc) is 2.79. The summed E-state index contributed by atoms with van der Waals surface area (Å²) in [6, 6.07) is 8.55. The smallest absolute Gasteiger partial charge is 0.197 e. The molecule has 1 aromatic carbocycles. The Morgan fingerprint density at radius 1 is 1.21 bits per heavy atom. The maximum Gasteiger partial charge on any atom is 0.197 e. The van der Waals surface area contributed by atoms with E-state index in [2.05, 4.69) is 44.3 Å². The standard InChI is InChI=1S/C16H20ClNO/c1-4-18-15(13-8-9-19-16(13)17)10-14-11(2)6-5-7-12(14)3/h5-9,15,18H,4,10H2,1-3H3. The van der Waals surface area contributed by atoms with Crippen molar-refractivity contribution in [2.45, 2.75) is 33.2 Å². The molecule has 19 heavy (non-hydrogen) atoms. The molecule has 2 nitrogen and oxygen atoms in total. The highest BCUT2D eigenvalue weighted by Crippen LogP contribution is 2.28. The summed E-state index contributed by atoms with van der Waals surface area (Å²) >= 11 is 6.11. The van der Waals surface area contributed by atoms with E-state index in [0.717, 1.165) is 18.5 Å². The normalized spacial score (nSPS) is 12.6. The molecule has 0 spiro atoms. The Hall–Kier alpha value is -1.25. The summed E-state index contributed by atoms with van der Waals surface area (Å²) in [5, 5.41) is 3.97. The van der Waals surface area contributed by atoms with E-state index in [1.807, 2.05) is 6.07 Å². The first-order valence-corrected chi connectivity index (χ1v) is 7.02. The summed E-state index contributed by atoms with van der Waals surface area (Å²) in [5.74, 6) is 0. The van der Waals surface area contributed by atoms with E-state index in [9.17, 15) is 0 Å². The maximum atomic E-state index is 6.11. The van der Waals surface area contributed by atoms with Crippen LogP contribution in [0.15, 0.2) is 34.9 Å². The minimum atomic E-state index is 0.191. The average molecular weight is 278 g/mol. The van der Waals surface area contributed by atoms with Crippen molar-refractivity contribution in [2.75, 3.05) is 6.54 Å². The molecule has 0 aliphatic carbocycles. The van der Waals surface area contributed by atoms with E-state index < -0.39 is 0 Å². The van der Waals surface area contributed by atoms with Gasteiger partial charge < -0.3 is 9.73 Å². The number of hydrogen-bond donors (Lipinski definition) is 1. The fraction of sp³-hybridized carbons (Fsp3) is 0.375. The zero-order valence-corrected chi connectivity index (χ0v) is 12.4. The fourth-order valence-electron chi connectivity index (χ4n) is 2.47. The van der Waals surface area contributed by atoms with Crippen LogP contribution in [0.5, 0.6) is 0 Å². The van der Waals surface area contributed by atoms with Crippen molar-refractivity contribution in [3.05, 3.63) is 58.0 Å². The molecule has 0 aliphatic rings. The van der Waals surface area contributed by atoms with Crippen LogP contribution in [0.25, 0.3) is 0 Å². The van der Waals surface area contributed by atoms with Crippen LogP contribution in [0, 0.1) is 13.8 Å². The number of nitrogens with one attached hydrogen (secondary N) is 1.